The fourth-order valence-electron chi connectivity index (χ4n) is 6.97. The van der Waals surface area contributed by atoms with E-state index in [0.717, 1.165) is 35.2 Å². The molecule has 1 atom stereocenters. The molecule has 1 aliphatic heterocycles. The second kappa shape index (κ2) is 18.2. The van der Waals surface area contributed by atoms with Gasteiger partial charge >= 0.3 is 0 Å². The van der Waals surface area contributed by atoms with E-state index < -0.39 is 46.1 Å². The monoisotopic (exact) mass is 878 g/mol. The molecule has 59 heavy (non-hydrogen) atoms. The summed E-state index contributed by atoms with van der Waals surface area (Å²) in [5.74, 6) is 0. The molecule has 1 fully saturated rings. The van der Waals surface area contributed by atoms with E-state index in [9.17, 15) is 33.7 Å². The Balaban J connectivity index is 1.54. The molecule has 0 N–H and O–H groups in total. The number of aryl methyl sites for hydroxylation is 4. The van der Waals surface area contributed by atoms with Gasteiger partial charge in [-0.05, 0) is 88.2 Å². The van der Waals surface area contributed by atoms with Gasteiger partial charge in [0, 0.05) is 51.9 Å². The average molecular weight is 879 g/mol. The minimum Gasteiger partial charge on any atom is -0.207 e. The van der Waals surface area contributed by atoms with E-state index >= 15 is 0 Å². The maximum absolute atomic E-state index is 14.9. The van der Waals surface area contributed by atoms with Crippen molar-refractivity contribution in [1.82, 2.24) is 17.2 Å². The highest BCUT2D eigenvalue weighted by Crippen LogP contribution is 2.27. The molecule has 0 saturated carbocycles. The molecule has 5 aromatic carbocycles. The van der Waals surface area contributed by atoms with Crippen molar-refractivity contribution in [3.63, 3.8) is 0 Å². The lowest BCUT2D eigenvalue weighted by Gasteiger charge is -2.37. The summed E-state index contributed by atoms with van der Waals surface area (Å²) >= 11 is 0. The van der Waals surface area contributed by atoms with Crippen molar-refractivity contribution < 1.29 is 33.7 Å². The van der Waals surface area contributed by atoms with Crippen LogP contribution in [0.2, 0.25) is 0 Å². The summed E-state index contributed by atoms with van der Waals surface area (Å²) in [6, 6.07) is 33.0. The van der Waals surface area contributed by atoms with Gasteiger partial charge in [-0.3, -0.25) is 0 Å². The topological polar surface area (TPSA) is 150 Å². The SMILES string of the molecule is Cc1ccc(S(=O)(=O)N2CCN(S(=O)(=O)c3ccc(C)cc3)CCN(S(=O)(=O)c3ccc(C)cc3)C(Cc3ccccc3)CN(S(=O)(=O)c3ccc(C)cc3)CC2)cc1. The maximum atomic E-state index is 14.9. The van der Waals surface area contributed by atoms with E-state index in [2.05, 4.69) is 0 Å². The Morgan fingerprint density at radius 2 is 0.695 bits per heavy atom. The molecule has 12 nitrogen and oxygen atoms in total. The van der Waals surface area contributed by atoms with E-state index in [-0.39, 0.29) is 71.8 Å². The van der Waals surface area contributed by atoms with Crippen LogP contribution in [0.3, 0.4) is 0 Å². The van der Waals surface area contributed by atoms with Crippen molar-refractivity contribution in [1.29, 1.82) is 0 Å². The van der Waals surface area contributed by atoms with E-state index in [1.165, 1.54) is 52.8 Å². The molecule has 1 heterocycles. The average Bonchev–Trinajstić information content (AvgIpc) is 3.19. The molecule has 5 aromatic rings. The molecule has 0 aliphatic carbocycles. The lowest BCUT2D eigenvalue weighted by molar-refractivity contribution is 0.225. The van der Waals surface area contributed by atoms with Crippen LogP contribution in [0.15, 0.2) is 147 Å². The van der Waals surface area contributed by atoms with Gasteiger partial charge in [0.05, 0.1) is 19.6 Å². The van der Waals surface area contributed by atoms with Crippen molar-refractivity contribution >= 4 is 40.1 Å². The van der Waals surface area contributed by atoms with Crippen LogP contribution in [-0.4, -0.2) is 103 Å². The predicted molar refractivity (Wildman–Crippen MR) is 229 cm³/mol. The molecule has 1 unspecified atom stereocenters. The van der Waals surface area contributed by atoms with Gasteiger partial charge in [-0.2, -0.15) is 17.2 Å². The van der Waals surface area contributed by atoms with Crippen molar-refractivity contribution in [3.8, 4) is 0 Å². The normalized spacial score (nSPS) is 17.9. The summed E-state index contributed by atoms with van der Waals surface area (Å²) in [6.45, 7) is 4.76. The molecule has 16 heteroatoms. The molecule has 1 aliphatic rings. The number of sulfonamides is 4. The minimum atomic E-state index is -4.40. The molecule has 0 bridgehead atoms. The van der Waals surface area contributed by atoms with Gasteiger partial charge in [-0.1, -0.05) is 101 Å². The number of hydrogen-bond donors (Lipinski definition) is 0. The van der Waals surface area contributed by atoms with Crippen LogP contribution in [0.25, 0.3) is 0 Å². The third-order valence-corrected chi connectivity index (χ3v) is 18.2. The van der Waals surface area contributed by atoms with Crippen LogP contribution in [-0.2, 0) is 46.5 Å². The third kappa shape index (κ3) is 10.2. The molecule has 0 amide bonds. The zero-order valence-corrected chi connectivity index (χ0v) is 36.8. The summed E-state index contributed by atoms with van der Waals surface area (Å²) < 4.78 is 122. The Kier molecular flexibility index (Phi) is 13.6. The summed E-state index contributed by atoms with van der Waals surface area (Å²) in [4.78, 5) is -0.143. The fraction of sp³-hybridized carbons (Fsp3) is 0.302. The van der Waals surface area contributed by atoms with E-state index in [1.807, 2.05) is 45.9 Å². The number of rotatable bonds is 10. The number of benzene rings is 5. The molecular formula is C43H50N4O8S4. The number of nitrogens with zero attached hydrogens (tertiary/aromatic N) is 4. The van der Waals surface area contributed by atoms with Crippen molar-refractivity contribution in [3.05, 3.63) is 155 Å². The van der Waals surface area contributed by atoms with Crippen molar-refractivity contribution in [2.24, 2.45) is 0 Å². The highest BCUT2D eigenvalue weighted by atomic mass is 32.2. The van der Waals surface area contributed by atoms with Gasteiger partial charge in [-0.15, -0.1) is 0 Å². The molecule has 314 valence electrons. The lowest BCUT2D eigenvalue weighted by Crippen LogP contribution is -2.54. The first kappa shape index (κ1) is 44.3. The predicted octanol–water partition coefficient (Wildman–Crippen LogP) is 5.61. The van der Waals surface area contributed by atoms with Gasteiger partial charge < -0.3 is 0 Å². The smallest absolute Gasteiger partial charge is 0.207 e. The van der Waals surface area contributed by atoms with Gasteiger partial charge in [0.15, 0.2) is 0 Å². The summed E-state index contributed by atoms with van der Waals surface area (Å²) in [7, 11) is -17.4. The zero-order chi connectivity index (χ0) is 42.6. The molecular weight excluding hydrogens is 829 g/mol. The first-order valence-electron chi connectivity index (χ1n) is 19.2. The molecule has 6 rings (SSSR count). The second-order valence-electron chi connectivity index (χ2n) is 14.9. The van der Waals surface area contributed by atoms with Crippen molar-refractivity contribution in [2.45, 2.75) is 59.7 Å². The maximum Gasteiger partial charge on any atom is 0.243 e. The van der Waals surface area contributed by atoms with Gasteiger partial charge in [0.25, 0.3) is 0 Å². The van der Waals surface area contributed by atoms with Crippen LogP contribution in [0, 0.1) is 27.7 Å². The van der Waals surface area contributed by atoms with Gasteiger partial charge in [0.1, 0.15) is 0 Å². The Hall–Kier alpha value is -4.26. The van der Waals surface area contributed by atoms with Crippen LogP contribution in [0.4, 0.5) is 0 Å². The highest BCUT2D eigenvalue weighted by Gasteiger charge is 2.39. The molecule has 1 saturated heterocycles. The summed E-state index contributed by atoms with van der Waals surface area (Å²) in [5.41, 5.74) is 4.04. The first-order valence-corrected chi connectivity index (χ1v) is 25.0. The summed E-state index contributed by atoms with van der Waals surface area (Å²) in [6.07, 6.45) is 0.0575. The van der Waals surface area contributed by atoms with Crippen LogP contribution < -0.4 is 0 Å². The molecule has 0 spiro atoms. The van der Waals surface area contributed by atoms with E-state index in [4.69, 9.17) is 0 Å². The van der Waals surface area contributed by atoms with Gasteiger partial charge in [-0.25, -0.2) is 33.7 Å². The number of hydrogen-bond acceptors (Lipinski definition) is 8. The molecule has 0 radical (unpaired) electrons. The molecule has 0 aromatic heterocycles. The third-order valence-electron chi connectivity index (χ3n) is 10.5. The summed E-state index contributed by atoms with van der Waals surface area (Å²) in [5, 5.41) is 0. The van der Waals surface area contributed by atoms with Crippen LogP contribution in [0.5, 0.6) is 0 Å². The van der Waals surface area contributed by atoms with Gasteiger partial charge in [0.2, 0.25) is 40.1 Å². The second-order valence-corrected chi connectivity index (χ2v) is 22.6. The minimum absolute atomic E-state index is 0.0339. The first-order chi connectivity index (χ1) is 27.9. The van der Waals surface area contributed by atoms with E-state index in [1.54, 1.807) is 60.7 Å². The lowest BCUT2D eigenvalue weighted by atomic mass is 10.1. The zero-order valence-electron chi connectivity index (χ0n) is 33.5. The Bertz CT molecular complexity index is 2660. The Morgan fingerprint density at radius 3 is 1.07 bits per heavy atom. The largest absolute Gasteiger partial charge is 0.243 e. The highest BCUT2D eigenvalue weighted by molar-refractivity contribution is 7.90. The van der Waals surface area contributed by atoms with Crippen LogP contribution >= 0.6 is 0 Å². The van der Waals surface area contributed by atoms with E-state index in [0.29, 0.717) is 5.56 Å². The quantitative estimate of drug-likeness (QED) is 0.176. The fourth-order valence-corrected chi connectivity index (χ4v) is 12.9. The standard InChI is InChI=1S/C43H50N4O8S4/c1-34-10-18-40(19-11-34)56(48,49)44-26-27-45(57(50,51)41-20-12-35(2)13-21-41)30-31-47(59(54,55)43-24-16-37(4)17-25-43)39(32-38-8-6-5-7-9-38)33-46(29-28-44)58(52,53)42-22-14-36(3)15-23-42/h5-25,39H,26-33H2,1-4H3. The van der Waals surface area contributed by atoms with Crippen LogP contribution in [0.1, 0.15) is 27.8 Å². The van der Waals surface area contributed by atoms with Crippen molar-refractivity contribution in [2.75, 3.05) is 45.8 Å². The Labute approximate surface area is 349 Å². The Morgan fingerprint density at radius 1 is 0.390 bits per heavy atom.